The third kappa shape index (κ3) is 2.59. The maximum absolute atomic E-state index is 11.5. The SMILES string of the molecule is CC1CCCN(c2cccc(Br)c2C#N)C1C(=O)O. The number of hydrogen-bond donors (Lipinski definition) is 1. The molecule has 0 aromatic heterocycles. The van der Waals surface area contributed by atoms with Crippen LogP contribution < -0.4 is 4.90 Å². The van der Waals surface area contributed by atoms with Crippen LogP contribution >= 0.6 is 15.9 Å². The molecule has 1 aliphatic rings. The molecule has 1 N–H and O–H groups in total. The van der Waals surface area contributed by atoms with Crippen molar-refractivity contribution in [2.45, 2.75) is 25.8 Å². The Morgan fingerprint density at radius 2 is 2.32 bits per heavy atom. The second-order valence-corrected chi connectivity index (χ2v) is 5.70. The van der Waals surface area contributed by atoms with E-state index in [4.69, 9.17) is 0 Å². The smallest absolute Gasteiger partial charge is 0.326 e. The van der Waals surface area contributed by atoms with Crippen molar-refractivity contribution in [3.05, 3.63) is 28.2 Å². The van der Waals surface area contributed by atoms with Crippen LogP contribution in [0, 0.1) is 17.2 Å². The normalized spacial score (nSPS) is 22.9. The highest BCUT2D eigenvalue weighted by Crippen LogP contribution is 2.33. The first-order valence-electron chi connectivity index (χ1n) is 6.24. The highest BCUT2D eigenvalue weighted by Gasteiger charge is 2.35. The van der Waals surface area contributed by atoms with E-state index >= 15 is 0 Å². The van der Waals surface area contributed by atoms with Gasteiger partial charge in [-0.3, -0.25) is 0 Å². The van der Waals surface area contributed by atoms with E-state index in [1.807, 2.05) is 24.0 Å². The molecule has 1 saturated heterocycles. The van der Waals surface area contributed by atoms with Gasteiger partial charge >= 0.3 is 5.97 Å². The van der Waals surface area contributed by atoms with Crippen LogP contribution in [0.5, 0.6) is 0 Å². The van der Waals surface area contributed by atoms with Gasteiger partial charge in [-0.2, -0.15) is 5.26 Å². The molecular formula is C14H15BrN2O2. The first-order valence-corrected chi connectivity index (χ1v) is 7.03. The van der Waals surface area contributed by atoms with Crippen LogP contribution in [0.4, 0.5) is 5.69 Å². The van der Waals surface area contributed by atoms with Gasteiger partial charge in [0.25, 0.3) is 0 Å². The molecule has 2 rings (SSSR count). The van der Waals surface area contributed by atoms with Crippen molar-refractivity contribution in [1.29, 1.82) is 5.26 Å². The Morgan fingerprint density at radius 1 is 1.58 bits per heavy atom. The van der Waals surface area contributed by atoms with Gasteiger partial charge in [-0.15, -0.1) is 0 Å². The Kier molecular flexibility index (Phi) is 4.11. The maximum atomic E-state index is 11.5. The standard InChI is InChI=1S/C14H15BrN2O2/c1-9-4-3-7-17(13(9)14(18)19)12-6-2-5-11(15)10(12)8-16/h2,5-6,9,13H,3-4,7H2,1H3,(H,18,19). The third-order valence-corrected chi connectivity index (χ3v) is 4.26. The van der Waals surface area contributed by atoms with Crippen molar-refractivity contribution >= 4 is 27.6 Å². The first kappa shape index (κ1) is 13.9. The fourth-order valence-corrected chi connectivity index (χ4v) is 3.14. The minimum Gasteiger partial charge on any atom is -0.480 e. The Bertz CT molecular complexity index is 539. The summed E-state index contributed by atoms with van der Waals surface area (Å²) in [5.41, 5.74) is 1.21. The lowest BCUT2D eigenvalue weighted by molar-refractivity contribution is -0.140. The largest absolute Gasteiger partial charge is 0.480 e. The molecule has 0 bridgehead atoms. The van der Waals surface area contributed by atoms with E-state index in [9.17, 15) is 15.2 Å². The highest BCUT2D eigenvalue weighted by molar-refractivity contribution is 9.10. The Labute approximate surface area is 120 Å². The van der Waals surface area contributed by atoms with Crippen LogP contribution in [0.1, 0.15) is 25.3 Å². The van der Waals surface area contributed by atoms with E-state index in [2.05, 4.69) is 22.0 Å². The third-order valence-electron chi connectivity index (χ3n) is 3.60. The number of piperidine rings is 1. The molecule has 100 valence electrons. The average molecular weight is 323 g/mol. The molecule has 2 atom stereocenters. The van der Waals surface area contributed by atoms with Gasteiger partial charge in [0.05, 0.1) is 11.3 Å². The van der Waals surface area contributed by atoms with Gasteiger partial charge in [0.1, 0.15) is 12.1 Å². The van der Waals surface area contributed by atoms with Gasteiger partial charge < -0.3 is 10.0 Å². The predicted molar refractivity (Wildman–Crippen MR) is 76.0 cm³/mol. The van der Waals surface area contributed by atoms with E-state index in [1.54, 1.807) is 6.07 Å². The van der Waals surface area contributed by atoms with Gasteiger partial charge in [0.2, 0.25) is 0 Å². The summed E-state index contributed by atoms with van der Waals surface area (Å²) in [6, 6.07) is 7.04. The predicted octanol–water partition coefficient (Wildman–Crippen LogP) is 3.01. The van der Waals surface area contributed by atoms with E-state index in [-0.39, 0.29) is 5.92 Å². The van der Waals surface area contributed by atoms with Gasteiger partial charge in [0.15, 0.2) is 0 Å². The molecule has 2 unspecified atom stereocenters. The van der Waals surface area contributed by atoms with Gasteiger partial charge in [0, 0.05) is 11.0 Å². The highest BCUT2D eigenvalue weighted by atomic mass is 79.9. The van der Waals surface area contributed by atoms with Crippen LogP contribution in [-0.2, 0) is 4.79 Å². The summed E-state index contributed by atoms with van der Waals surface area (Å²) in [5, 5.41) is 18.7. The monoisotopic (exact) mass is 322 g/mol. The molecule has 1 aromatic carbocycles. The van der Waals surface area contributed by atoms with Crippen molar-refractivity contribution in [2.75, 3.05) is 11.4 Å². The fraction of sp³-hybridized carbons (Fsp3) is 0.429. The van der Waals surface area contributed by atoms with Crippen molar-refractivity contribution in [3.8, 4) is 6.07 Å². The molecule has 0 amide bonds. The summed E-state index contributed by atoms with van der Waals surface area (Å²) < 4.78 is 0.704. The van der Waals surface area contributed by atoms with Gasteiger partial charge in [-0.25, -0.2) is 4.79 Å². The number of halogens is 1. The van der Waals surface area contributed by atoms with Crippen molar-refractivity contribution in [2.24, 2.45) is 5.92 Å². The molecular weight excluding hydrogens is 308 g/mol. The first-order chi connectivity index (χ1) is 9.06. The van der Waals surface area contributed by atoms with E-state index in [0.717, 1.165) is 12.8 Å². The number of carboxylic acid groups (broad SMARTS) is 1. The van der Waals surface area contributed by atoms with E-state index in [1.165, 1.54) is 0 Å². The molecule has 19 heavy (non-hydrogen) atoms. The average Bonchev–Trinajstić information content (AvgIpc) is 2.37. The van der Waals surface area contributed by atoms with Crippen molar-refractivity contribution in [1.82, 2.24) is 0 Å². The lowest BCUT2D eigenvalue weighted by Crippen LogP contribution is -2.49. The topological polar surface area (TPSA) is 64.3 Å². The Hall–Kier alpha value is -1.54. The lowest BCUT2D eigenvalue weighted by atomic mass is 9.90. The molecule has 1 fully saturated rings. The number of rotatable bonds is 2. The molecule has 1 heterocycles. The van der Waals surface area contributed by atoms with Crippen LogP contribution in [0.25, 0.3) is 0 Å². The maximum Gasteiger partial charge on any atom is 0.326 e. The number of nitriles is 1. The molecule has 0 aliphatic carbocycles. The van der Waals surface area contributed by atoms with Crippen LogP contribution in [-0.4, -0.2) is 23.7 Å². The molecule has 0 saturated carbocycles. The zero-order valence-electron chi connectivity index (χ0n) is 10.6. The number of carbonyl (C=O) groups is 1. The van der Waals surface area contributed by atoms with Crippen LogP contribution in [0.2, 0.25) is 0 Å². The Morgan fingerprint density at radius 3 is 2.95 bits per heavy atom. The number of carboxylic acids is 1. The summed E-state index contributed by atoms with van der Waals surface area (Å²) in [6.45, 7) is 2.63. The van der Waals surface area contributed by atoms with E-state index < -0.39 is 12.0 Å². The van der Waals surface area contributed by atoms with Crippen molar-refractivity contribution < 1.29 is 9.90 Å². The lowest BCUT2D eigenvalue weighted by Gasteiger charge is -2.39. The molecule has 4 nitrogen and oxygen atoms in total. The van der Waals surface area contributed by atoms with Gasteiger partial charge in [-0.05, 0) is 46.8 Å². The summed E-state index contributed by atoms with van der Waals surface area (Å²) >= 11 is 3.35. The number of nitrogens with zero attached hydrogens (tertiary/aromatic N) is 2. The fourth-order valence-electron chi connectivity index (χ4n) is 2.70. The second kappa shape index (κ2) is 5.62. The number of aliphatic carboxylic acids is 1. The quantitative estimate of drug-likeness (QED) is 0.909. The molecule has 1 aliphatic heterocycles. The number of anilines is 1. The number of benzene rings is 1. The molecule has 0 spiro atoms. The molecule has 1 aromatic rings. The summed E-state index contributed by atoms with van der Waals surface area (Å²) in [4.78, 5) is 13.3. The Balaban J connectivity index is 2.47. The molecule has 0 radical (unpaired) electrons. The van der Waals surface area contributed by atoms with Crippen LogP contribution in [0.15, 0.2) is 22.7 Å². The van der Waals surface area contributed by atoms with Crippen LogP contribution in [0.3, 0.4) is 0 Å². The van der Waals surface area contributed by atoms with Crippen molar-refractivity contribution in [3.63, 3.8) is 0 Å². The minimum atomic E-state index is -0.823. The van der Waals surface area contributed by atoms with Gasteiger partial charge in [-0.1, -0.05) is 13.0 Å². The van der Waals surface area contributed by atoms with E-state index in [0.29, 0.717) is 22.3 Å². The zero-order chi connectivity index (χ0) is 14.0. The number of hydrogen-bond acceptors (Lipinski definition) is 3. The minimum absolute atomic E-state index is 0.0803. The summed E-state index contributed by atoms with van der Waals surface area (Å²) in [6.07, 6.45) is 1.85. The molecule has 5 heteroatoms. The summed E-state index contributed by atoms with van der Waals surface area (Å²) in [5.74, 6) is -0.743. The second-order valence-electron chi connectivity index (χ2n) is 4.84. The summed E-state index contributed by atoms with van der Waals surface area (Å²) in [7, 11) is 0. The zero-order valence-corrected chi connectivity index (χ0v) is 12.2.